The molecule has 0 unspecified atom stereocenters. The smallest absolute Gasteiger partial charge is 0.291 e. The van der Waals surface area contributed by atoms with Gasteiger partial charge in [0.05, 0.1) is 12.5 Å². The molecule has 2 aromatic heterocycles. The molecule has 156 valence electrons. The number of anilines is 1. The van der Waals surface area contributed by atoms with Crippen molar-refractivity contribution in [3.63, 3.8) is 0 Å². The van der Waals surface area contributed by atoms with Gasteiger partial charge in [0, 0.05) is 30.6 Å². The Bertz CT molecular complexity index is 1130. The SMILES string of the molecule is O=C(CCc1ncc(-c2ccccc2)o1)NCc1ccc(NC(=O)c2ccco2)cc1. The molecular formula is C24H21N3O4. The van der Waals surface area contributed by atoms with Crippen LogP contribution in [0, 0.1) is 0 Å². The maximum Gasteiger partial charge on any atom is 0.291 e. The molecule has 2 aromatic carbocycles. The first kappa shape index (κ1) is 20.2. The zero-order valence-electron chi connectivity index (χ0n) is 16.7. The number of hydrogen-bond donors (Lipinski definition) is 2. The summed E-state index contributed by atoms with van der Waals surface area (Å²) in [4.78, 5) is 28.4. The first-order chi connectivity index (χ1) is 15.2. The molecule has 0 radical (unpaired) electrons. The number of amides is 2. The van der Waals surface area contributed by atoms with Gasteiger partial charge in [-0.15, -0.1) is 0 Å². The maximum atomic E-state index is 12.2. The molecule has 0 aliphatic rings. The Labute approximate surface area is 179 Å². The molecule has 2 N–H and O–H groups in total. The lowest BCUT2D eigenvalue weighted by Crippen LogP contribution is -2.23. The minimum absolute atomic E-state index is 0.0883. The van der Waals surface area contributed by atoms with Gasteiger partial charge < -0.3 is 19.5 Å². The molecule has 31 heavy (non-hydrogen) atoms. The van der Waals surface area contributed by atoms with Crippen LogP contribution in [0.15, 0.2) is 88.0 Å². The molecule has 0 spiro atoms. The molecule has 2 amide bonds. The summed E-state index contributed by atoms with van der Waals surface area (Å²) in [5, 5.41) is 5.63. The van der Waals surface area contributed by atoms with Gasteiger partial charge in [-0.25, -0.2) is 4.98 Å². The van der Waals surface area contributed by atoms with E-state index in [1.807, 2.05) is 42.5 Å². The van der Waals surface area contributed by atoms with Crippen molar-refractivity contribution in [3.8, 4) is 11.3 Å². The van der Waals surface area contributed by atoms with E-state index in [9.17, 15) is 9.59 Å². The van der Waals surface area contributed by atoms with Crippen LogP contribution in [0.25, 0.3) is 11.3 Å². The van der Waals surface area contributed by atoms with E-state index in [0.29, 0.717) is 30.3 Å². The van der Waals surface area contributed by atoms with Crippen molar-refractivity contribution in [3.05, 3.63) is 96.4 Å². The quantitative estimate of drug-likeness (QED) is 0.444. The van der Waals surface area contributed by atoms with Crippen molar-refractivity contribution >= 4 is 17.5 Å². The van der Waals surface area contributed by atoms with Crippen LogP contribution in [0.3, 0.4) is 0 Å². The molecule has 0 aliphatic carbocycles. The fraction of sp³-hybridized carbons (Fsp3) is 0.125. The van der Waals surface area contributed by atoms with Gasteiger partial charge in [0.1, 0.15) is 0 Å². The summed E-state index contributed by atoms with van der Waals surface area (Å²) in [5.41, 5.74) is 2.52. The standard InChI is InChI=1S/C24H21N3O4/c28-22(12-13-23-26-16-21(31-23)18-5-2-1-3-6-18)25-15-17-8-10-19(11-9-17)27-24(29)20-7-4-14-30-20/h1-11,14,16H,12-13,15H2,(H,25,28)(H,27,29). The zero-order chi connectivity index (χ0) is 21.5. The first-order valence-electron chi connectivity index (χ1n) is 9.88. The highest BCUT2D eigenvalue weighted by Crippen LogP contribution is 2.20. The molecule has 0 atom stereocenters. The van der Waals surface area contributed by atoms with Crippen LogP contribution in [-0.4, -0.2) is 16.8 Å². The Hall–Kier alpha value is -4.13. The van der Waals surface area contributed by atoms with Crippen molar-refractivity contribution in [1.82, 2.24) is 10.3 Å². The van der Waals surface area contributed by atoms with Gasteiger partial charge in [-0.05, 0) is 29.8 Å². The Kier molecular flexibility index (Phi) is 6.23. The van der Waals surface area contributed by atoms with Gasteiger partial charge in [-0.2, -0.15) is 0 Å². The molecule has 2 heterocycles. The summed E-state index contributed by atoms with van der Waals surface area (Å²) in [6.45, 7) is 0.395. The van der Waals surface area contributed by atoms with E-state index in [0.717, 1.165) is 11.1 Å². The van der Waals surface area contributed by atoms with Gasteiger partial charge in [-0.1, -0.05) is 42.5 Å². The third kappa shape index (κ3) is 5.48. The molecule has 7 heteroatoms. The lowest BCUT2D eigenvalue weighted by Gasteiger charge is -2.07. The van der Waals surface area contributed by atoms with Crippen LogP contribution >= 0.6 is 0 Å². The Morgan fingerprint density at radius 3 is 2.48 bits per heavy atom. The Morgan fingerprint density at radius 1 is 0.935 bits per heavy atom. The predicted molar refractivity (Wildman–Crippen MR) is 115 cm³/mol. The molecule has 0 saturated carbocycles. The third-order valence-electron chi connectivity index (χ3n) is 4.62. The van der Waals surface area contributed by atoms with Gasteiger partial charge in [-0.3, -0.25) is 9.59 Å². The summed E-state index contributed by atoms with van der Waals surface area (Å²) in [5.74, 6) is 1.07. The summed E-state index contributed by atoms with van der Waals surface area (Å²) >= 11 is 0. The van der Waals surface area contributed by atoms with Gasteiger partial charge in [0.15, 0.2) is 17.4 Å². The van der Waals surface area contributed by atoms with Crippen LogP contribution in [0.1, 0.15) is 28.4 Å². The van der Waals surface area contributed by atoms with Gasteiger partial charge in [0.25, 0.3) is 5.91 Å². The summed E-state index contributed by atoms with van der Waals surface area (Å²) in [6, 6.07) is 20.2. The van der Waals surface area contributed by atoms with Crippen molar-refractivity contribution in [1.29, 1.82) is 0 Å². The van der Waals surface area contributed by atoms with Crippen molar-refractivity contribution in [2.45, 2.75) is 19.4 Å². The highest BCUT2D eigenvalue weighted by Gasteiger charge is 2.10. The van der Waals surface area contributed by atoms with E-state index in [1.165, 1.54) is 6.26 Å². The fourth-order valence-corrected chi connectivity index (χ4v) is 2.98. The number of hydrogen-bond acceptors (Lipinski definition) is 5. The highest BCUT2D eigenvalue weighted by atomic mass is 16.4. The van der Waals surface area contributed by atoms with Crippen LogP contribution in [0.4, 0.5) is 5.69 Å². The summed E-state index contributed by atoms with van der Waals surface area (Å²) < 4.78 is 10.8. The molecule has 4 aromatic rings. The monoisotopic (exact) mass is 415 g/mol. The van der Waals surface area contributed by atoms with Crippen LogP contribution in [0.5, 0.6) is 0 Å². The molecule has 0 fully saturated rings. The summed E-state index contributed by atoms with van der Waals surface area (Å²) in [6.07, 6.45) is 3.84. The number of aromatic nitrogens is 1. The lowest BCUT2D eigenvalue weighted by atomic mass is 10.2. The van der Waals surface area contributed by atoms with E-state index in [1.54, 1.807) is 30.5 Å². The number of aryl methyl sites for hydroxylation is 1. The van der Waals surface area contributed by atoms with Gasteiger partial charge >= 0.3 is 0 Å². The van der Waals surface area contributed by atoms with Gasteiger partial charge in [0.2, 0.25) is 5.91 Å². The maximum absolute atomic E-state index is 12.2. The second kappa shape index (κ2) is 9.58. The topological polar surface area (TPSA) is 97.4 Å². The minimum atomic E-state index is -0.312. The van der Waals surface area contributed by atoms with Crippen LogP contribution in [0.2, 0.25) is 0 Å². The first-order valence-corrected chi connectivity index (χ1v) is 9.88. The van der Waals surface area contributed by atoms with Crippen molar-refractivity contribution < 1.29 is 18.4 Å². The van der Waals surface area contributed by atoms with E-state index in [2.05, 4.69) is 15.6 Å². The molecule has 0 aliphatic heterocycles. The average Bonchev–Trinajstić information content (AvgIpc) is 3.50. The number of carbonyl (C=O) groups is 2. The Balaban J connectivity index is 1.22. The summed E-state index contributed by atoms with van der Waals surface area (Å²) in [7, 11) is 0. The molecule has 4 rings (SSSR count). The molecule has 7 nitrogen and oxygen atoms in total. The Morgan fingerprint density at radius 2 is 1.74 bits per heavy atom. The second-order valence-electron chi connectivity index (χ2n) is 6.89. The second-order valence-corrected chi connectivity index (χ2v) is 6.89. The van der Waals surface area contributed by atoms with E-state index < -0.39 is 0 Å². The van der Waals surface area contributed by atoms with E-state index >= 15 is 0 Å². The number of carbonyl (C=O) groups excluding carboxylic acids is 2. The zero-order valence-corrected chi connectivity index (χ0v) is 16.7. The van der Waals surface area contributed by atoms with E-state index in [4.69, 9.17) is 8.83 Å². The van der Waals surface area contributed by atoms with Crippen LogP contribution < -0.4 is 10.6 Å². The molecular weight excluding hydrogens is 394 g/mol. The number of oxazole rings is 1. The number of nitrogens with one attached hydrogen (secondary N) is 2. The van der Waals surface area contributed by atoms with Crippen LogP contribution in [-0.2, 0) is 17.8 Å². The normalized spacial score (nSPS) is 10.6. The third-order valence-corrected chi connectivity index (χ3v) is 4.62. The highest BCUT2D eigenvalue weighted by molar-refractivity contribution is 6.02. The molecule has 0 saturated heterocycles. The van der Waals surface area contributed by atoms with E-state index in [-0.39, 0.29) is 24.0 Å². The number of furan rings is 1. The number of rotatable bonds is 8. The number of benzene rings is 2. The predicted octanol–water partition coefficient (Wildman–Crippen LogP) is 4.44. The molecule has 0 bridgehead atoms. The van der Waals surface area contributed by atoms with Crippen molar-refractivity contribution in [2.75, 3.05) is 5.32 Å². The number of nitrogens with zero attached hydrogens (tertiary/aromatic N) is 1. The average molecular weight is 415 g/mol. The largest absolute Gasteiger partial charge is 0.459 e. The lowest BCUT2D eigenvalue weighted by molar-refractivity contribution is -0.121. The minimum Gasteiger partial charge on any atom is -0.459 e. The fourth-order valence-electron chi connectivity index (χ4n) is 2.98. The van der Waals surface area contributed by atoms with Crippen molar-refractivity contribution in [2.24, 2.45) is 0 Å².